The Labute approximate surface area is 181 Å². The van der Waals surface area contributed by atoms with Gasteiger partial charge in [0.1, 0.15) is 0 Å². The van der Waals surface area contributed by atoms with Crippen molar-refractivity contribution in [3.63, 3.8) is 0 Å². The van der Waals surface area contributed by atoms with Gasteiger partial charge in [-0.2, -0.15) is 0 Å². The first kappa shape index (κ1) is 20.6. The summed E-state index contributed by atoms with van der Waals surface area (Å²) in [6, 6.07) is 20.2. The molecule has 1 N–H and O–H groups in total. The van der Waals surface area contributed by atoms with E-state index in [9.17, 15) is 4.79 Å². The Hall–Kier alpha value is -2.64. The normalized spacial score (nSPS) is 16.8. The molecule has 1 aliphatic rings. The van der Waals surface area contributed by atoms with Crippen molar-refractivity contribution in [3.8, 4) is 0 Å². The predicted octanol–water partition coefficient (Wildman–Crippen LogP) is 3.58. The molecule has 6 nitrogen and oxygen atoms in total. The van der Waals surface area contributed by atoms with Gasteiger partial charge in [0.25, 0.3) is 0 Å². The lowest BCUT2D eigenvalue weighted by Gasteiger charge is -2.25. The lowest BCUT2D eigenvalue weighted by atomic mass is 9.99. The van der Waals surface area contributed by atoms with Crippen LogP contribution in [0.2, 0.25) is 0 Å². The van der Waals surface area contributed by atoms with E-state index in [1.165, 1.54) is 0 Å². The minimum absolute atomic E-state index is 0.0202. The van der Waals surface area contributed by atoms with Crippen LogP contribution in [0.5, 0.6) is 0 Å². The van der Waals surface area contributed by atoms with E-state index < -0.39 is 0 Å². The highest BCUT2D eigenvalue weighted by atomic mass is 32.2. The van der Waals surface area contributed by atoms with Gasteiger partial charge in [0.05, 0.1) is 18.6 Å². The first-order valence-electron chi connectivity index (χ1n) is 10.2. The zero-order chi connectivity index (χ0) is 20.9. The molecule has 1 aromatic heterocycles. The number of carbonyl (C=O) groups is 1. The highest BCUT2D eigenvalue weighted by molar-refractivity contribution is 7.98. The van der Waals surface area contributed by atoms with E-state index in [0.29, 0.717) is 6.54 Å². The van der Waals surface area contributed by atoms with E-state index >= 15 is 0 Å². The molecule has 2 heterocycles. The van der Waals surface area contributed by atoms with Gasteiger partial charge >= 0.3 is 0 Å². The largest absolute Gasteiger partial charge is 0.344 e. The van der Waals surface area contributed by atoms with Crippen LogP contribution in [0.1, 0.15) is 41.9 Å². The van der Waals surface area contributed by atoms with E-state index in [0.717, 1.165) is 41.5 Å². The molecule has 0 radical (unpaired) electrons. The van der Waals surface area contributed by atoms with Gasteiger partial charge in [0.2, 0.25) is 5.91 Å². The average Bonchev–Trinajstić information content (AvgIpc) is 3.38. The molecule has 7 heteroatoms. The van der Waals surface area contributed by atoms with Gasteiger partial charge in [0.15, 0.2) is 11.0 Å². The summed E-state index contributed by atoms with van der Waals surface area (Å²) in [6.07, 6.45) is 4.05. The van der Waals surface area contributed by atoms with E-state index in [4.69, 9.17) is 0 Å². The second-order valence-electron chi connectivity index (χ2n) is 7.55. The second kappa shape index (κ2) is 9.45. The monoisotopic (exact) mass is 421 g/mol. The van der Waals surface area contributed by atoms with E-state index in [2.05, 4.69) is 44.7 Å². The number of nitrogens with one attached hydrogen (secondary N) is 1. The van der Waals surface area contributed by atoms with Crippen LogP contribution in [0.3, 0.4) is 0 Å². The van der Waals surface area contributed by atoms with Gasteiger partial charge in [-0.1, -0.05) is 72.4 Å². The second-order valence-corrected chi connectivity index (χ2v) is 8.33. The van der Waals surface area contributed by atoms with Crippen LogP contribution in [0.15, 0.2) is 65.8 Å². The molecule has 0 bridgehead atoms. The topological polar surface area (TPSA) is 63.1 Å². The SMILES string of the molecule is CSc1nnc([C@@H]2CCCN2CC(=O)NC(c2ccccc2)c2ccccc2)n1C. The molecule has 156 valence electrons. The molecule has 4 rings (SSSR count). The summed E-state index contributed by atoms with van der Waals surface area (Å²) >= 11 is 1.59. The fourth-order valence-electron chi connectivity index (χ4n) is 4.14. The maximum atomic E-state index is 13.1. The molecule has 0 spiro atoms. The first-order chi connectivity index (χ1) is 14.7. The Morgan fingerprint density at radius 3 is 2.30 bits per heavy atom. The predicted molar refractivity (Wildman–Crippen MR) is 119 cm³/mol. The maximum Gasteiger partial charge on any atom is 0.234 e. The fraction of sp³-hybridized carbons (Fsp3) is 0.348. The van der Waals surface area contributed by atoms with Crippen LogP contribution < -0.4 is 5.32 Å². The number of thioether (sulfide) groups is 1. The van der Waals surface area contributed by atoms with Crippen molar-refractivity contribution in [1.82, 2.24) is 25.0 Å². The van der Waals surface area contributed by atoms with Crippen molar-refractivity contribution in [2.75, 3.05) is 19.3 Å². The number of amides is 1. The average molecular weight is 422 g/mol. The van der Waals surface area contributed by atoms with Gasteiger partial charge in [-0.3, -0.25) is 9.69 Å². The third-order valence-electron chi connectivity index (χ3n) is 5.63. The lowest BCUT2D eigenvalue weighted by molar-refractivity contribution is -0.123. The molecule has 0 saturated carbocycles. The summed E-state index contributed by atoms with van der Waals surface area (Å²) in [6.45, 7) is 1.24. The summed E-state index contributed by atoms with van der Waals surface area (Å²) in [5, 5.41) is 12.8. The van der Waals surface area contributed by atoms with Gasteiger partial charge in [-0.25, -0.2) is 0 Å². The number of benzene rings is 2. The summed E-state index contributed by atoms with van der Waals surface area (Å²) in [5.74, 6) is 0.958. The fourth-order valence-corrected chi connectivity index (χ4v) is 4.63. The van der Waals surface area contributed by atoms with Crippen molar-refractivity contribution < 1.29 is 4.79 Å². The molecule has 30 heavy (non-hydrogen) atoms. The smallest absolute Gasteiger partial charge is 0.234 e. The van der Waals surface area contributed by atoms with Gasteiger partial charge < -0.3 is 9.88 Å². The van der Waals surface area contributed by atoms with E-state index in [1.54, 1.807) is 11.8 Å². The molecule has 1 saturated heterocycles. The molecule has 3 aromatic rings. The molecular formula is C23H27N5OS. The quantitative estimate of drug-likeness (QED) is 0.591. The molecule has 1 atom stereocenters. The Balaban J connectivity index is 1.50. The number of carbonyl (C=O) groups excluding carboxylic acids is 1. The van der Waals surface area contributed by atoms with Crippen molar-refractivity contribution in [1.29, 1.82) is 0 Å². The van der Waals surface area contributed by atoms with E-state index in [-0.39, 0.29) is 18.0 Å². The third kappa shape index (κ3) is 4.42. The molecule has 1 fully saturated rings. The highest BCUT2D eigenvalue weighted by Crippen LogP contribution is 2.31. The minimum atomic E-state index is -0.168. The Bertz CT molecular complexity index is 936. The Morgan fingerprint density at radius 1 is 1.10 bits per heavy atom. The van der Waals surface area contributed by atoms with E-state index in [1.807, 2.05) is 54.3 Å². The highest BCUT2D eigenvalue weighted by Gasteiger charge is 2.32. The summed E-state index contributed by atoms with van der Waals surface area (Å²) in [5.41, 5.74) is 2.15. The molecule has 0 unspecified atom stereocenters. The third-order valence-corrected chi connectivity index (χ3v) is 6.35. The van der Waals surface area contributed by atoms with Crippen LogP contribution in [0.4, 0.5) is 0 Å². The summed E-state index contributed by atoms with van der Waals surface area (Å²) in [7, 11) is 2.00. The molecule has 1 amide bonds. The van der Waals surface area contributed by atoms with Crippen LogP contribution >= 0.6 is 11.8 Å². The molecule has 2 aromatic carbocycles. The Kier molecular flexibility index (Phi) is 6.50. The van der Waals surface area contributed by atoms with Crippen molar-refractivity contribution in [2.24, 2.45) is 7.05 Å². The molecule has 1 aliphatic heterocycles. The maximum absolute atomic E-state index is 13.1. The number of likely N-dealkylation sites (tertiary alicyclic amines) is 1. The van der Waals surface area contributed by atoms with Crippen molar-refractivity contribution in [2.45, 2.75) is 30.1 Å². The van der Waals surface area contributed by atoms with Crippen LogP contribution in [0.25, 0.3) is 0 Å². The van der Waals surface area contributed by atoms with Crippen LogP contribution in [-0.4, -0.2) is 44.9 Å². The minimum Gasteiger partial charge on any atom is -0.344 e. The molecule has 0 aliphatic carbocycles. The zero-order valence-corrected chi connectivity index (χ0v) is 18.2. The summed E-state index contributed by atoms with van der Waals surface area (Å²) in [4.78, 5) is 15.3. The lowest BCUT2D eigenvalue weighted by Crippen LogP contribution is -2.39. The number of rotatable bonds is 7. The van der Waals surface area contributed by atoms with Gasteiger partial charge in [-0.15, -0.1) is 10.2 Å². The molecular weight excluding hydrogens is 394 g/mol. The standard InChI is InChI=1S/C23H27N5OS/c1-27-22(25-26-23(27)30-2)19-14-9-15-28(19)16-20(29)24-21(17-10-5-3-6-11-17)18-12-7-4-8-13-18/h3-8,10-13,19,21H,9,14-16H2,1-2H3,(H,24,29)/t19-/m0/s1. The van der Waals surface area contributed by atoms with Crippen molar-refractivity contribution >= 4 is 17.7 Å². The van der Waals surface area contributed by atoms with Gasteiger partial charge in [-0.05, 0) is 36.8 Å². The van der Waals surface area contributed by atoms with Crippen LogP contribution in [0, 0.1) is 0 Å². The Morgan fingerprint density at radius 2 is 1.73 bits per heavy atom. The zero-order valence-electron chi connectivity index (χ0n) is 17.4. The summed E-state index contributed by atoms with van der Waals surface area (Å²) < 4.78 is 2.04. The van der Waals surface area contributed by atoms with Crippen molar-refractivity contribution in [3.05, 3.63) is 77.6 Å². The number of aromatic nitrogens is 3. The van der Waals surface area contributed by atoms with Crippen LogP contribution in [-0.2, 0) is 11.8 Å². The number of hydrogen-bond donors (Lipinski definition) is 1. The van der Waals surface area contributed by atoms with Gasteiger partial charge in [0, 0.05) is 7.05 Å². The number of hydrogen-bond acceptors (Lipinski definition) is 5. The first-order valence-corrected chi connectivity index (χ1v) is 11.5. The number of nitrogens with zero attached hydrogens (tertiary/aromatic N) is 4.